The molecule has 6 heteroatoms. The third kappa shape index (κ3) is 3.54. The number of hydrogen-bond acceptors (Lipinski definition) is 4. The lowest BCUT2D eigenvalue weighted by Crippen LogP contribution is -1.98. The van der Waals surface area contributed by atoms with Crippen LogP contribution in [0.25, 0.3) is 0 Å². The lowest BCUT2D eigenvalue weighted by molar-refractivity contribution is 0.0696. The normalized spacial score (nSPS) is 10.3. The summed E-state index contributed by atoms with van der Waals surface area (Å²) in [5.41, 5.74) is 1.03. The average Bonchev–Trinajstić information content (AvgIpc) is 2.38. The Labute approximate surface area is 117 Å². The van der Waals surface area contributed by atoms with Crippen molar-refractivity contribution in [3.05, 3.63) is 52.4 Å². The van der Waals surface area contributed by atoms with E-state index in [0.717, 1.165) is 15.2 Å². The minimum atomic E-state index is -0.962. The summed E-state index contributed by atoms with van der Waals surface area (Å²) in [4.78, 5) is 19.0. The van der Waals surface area contributed by atoms with Gasteiger partial charge in [0, 0.05) is 22.6 Å². The SMILES string of the molecule is O=C(O)c1ccc(CSc2ccc(Br)cn2)nc1. The van der Waals surface area contributed by atoms with Gasteiger partial charge in [-0.2, -0.15) is 0 Å². The van der Waals surface area contributed by atoms with Gasteiger partial charge in [-0.25, -0.2) is 9.78 Å². The lowest BCUT2D eigenvalue weighted by atomic mass is 10.2. The first-order chi connectivity index (χ1) is 8.65. The van der Waals surface area contributed by atoms with E-state index in [1.165, 1.54) is 6.20 Å². The maximum atomic E-state index is 10.7. The number of pyridine rings is 2. The molecular weight excluding hydrogens is 316 g/mol. The summed E-state index contributed by atoms with van der Waals surface area (Å²) in [7, 11) is 0. The van der Waals surface area contributed by atoms with Gasteiger partial charge in [0.1, 0.15) is 0 Å². The van der Waals surface area contributed by atoms with E-state index >= 15 is 0 Å². The number of rotatable bonds is 4. The molecule has 2 aromatic heterocycles. The number of carbonyl (C=O) groups is 1. The van der Waals surface area contributed by atoms with Crippen LogP contribution in [0.15, 0.2) is 46.2 Å². The molecule has 0 aliphatic carbocycles. The van der Waals surface area contributed by atoms with Crippen LogP contribution in [-0.2, 0) is 5.75 Å². The molecule has 0 saturated carbocycles. The molecule has 0 spiro atoms. The number of halogens is 1. The average molecular weight is 325 g/mol. The van der Waals surface area contributed by atoms with E-state index in [9.17, 15) is 4.79 Å². The van der Waals surface area contributed by atoms with Gasteiger partial charge in [-0.05, 0) is 40.2 Å². The number of aromatic carboxylic acids is 1. The van der Waals surface area contributed by atoms with Crippen LogP contribution in [0.3, 0.4) is 0 Å². The van der Waals surface area contributed by atoms with Gasteiger partial charge in [-0.3, -0.25) is 4.98 Å². The van der Waals surface area contributed by atoms with Crippen molar-refractivity contribution in [2.75, 3.05) is 0 Å². The molecule has 0 bridgehead atoms. The number of carboxylic acid groups (broad SMARTS) is 1. The van der Waals surface area contributed by atoms with Crippen molar-refractivity contribution in [3.63, 3.8) is 0 Å². The topological polar surface area (TPSA) is 63.1 Å². The summed E-state index contributed by atoms with van der Waals surface area (Å²) in [6.45, 7) is 0. The van der Waals surface area contributed by atoms with E-state index in [2.05, 4.69) is 25.9 Å². The van der Waals surface area contributed by atoms with Crippen LogP contribution in [0.1, 0.15) is 16.1 Å². The predicted octanol–water partition coefficient (Wildman–Crippen LogP) is 3.23. The van der Waals surface area contributed by atoms with Crippen molar-refractivity contribution in [1.29, 1.82) is 0 Å². The molecule has 0 aliphatic rings. The summed E-state index contributed by atoms with van der Waals surface area (Å²) in [5, 5.41) is 9.65. The molecule has 0 radical (unpaired) electrons. The zero-order valence-corrected chi connectivity index (χ0v) is 11.6. The first-order valence-electron chi connectivity index (χ1n) is 5.08. The lowest BCUT2D eigenvalue weighted by Gasteiger charge is -2.01. The molecule has 2 rings (SSSR count). The van der Waals surface area contributed by atoms with Gasteiger partial charge >= 0.3 is 5.97 Å². The second-order valence-electron chi connectivity index (χ2n) is 3.45. The highest BCUT2D eigenvalue weighted by atomic mass is 79.9. The fourth-order valence-electron chi connectivity index (χ4n) is 1.23. The highest BCUT2D eigenvalue weighted by Gasteiger charge is 2.03. The Kier molecular flexibility index (Phi) is 4.33. The maximum Gasteiger partial charge on any atom is 0.337 e. The van der Waals surface area contributed by atoms with Crippen molar-refractivity contribution in [1.82, 2.24) is 9.97 Å². The molecule has 2 heterocycles. The van der Waals surface area contributed by atoms with E-state index in [-0.39, 0.29) is 5.56 Å². The highest BCUT2D eigenvalue weighted by molar-refractivity contribution is 9.10. The Morgan fingerprint density at radius 3 is 2.61 bits per heavy atom. The minimum Gasteiger partial charge on any atom is -0.478 e. The molecule has 0 saturated heterocycles. The molecule has 0 aliphatic heterocycles. The minimum absolute atomic E-state index is 0.200. The van der Waals surface area contributed by atoms with Crippen LogP contribution >= 0.6 is 27.7 Å². The van der Waals surface area contributed by atoms with Crippen LogP contribution in [0, 0.1) is 0 Å². The smallest absolute Gasteiger partial charge is 0.337 e. The van der Waals surface area contributed by atoms with E-state index in [1.807, 2.05) is 12.1 Å². The zero-order valence-electron chi connectivity index (χ0n) is 9.21. The molecule has 0 atom stereocenters. The van der Waals surface area contributed by atoms with Gasteiger partial charge in [0.2, 0.25) is 0 Å². The number of aromatic nitrogens is 2. The Morgan fingerprint density at radius 1 is 1.22 bits per heavy atom. The molecule has 4 nitrogen and oxygen atoms in total. The fourth-order valence-corrected chi connectivity index (χ4v) is 2.22. The summed E-state index contributed by atoms with van der Waals surface area (Å²) in [6, 6.07) is 7.12. The van der Waals surface area contributed by atoms with Gasteiger partial charge in [0.25, 0.3) is 0 Å². The summed E-state index contributed by atoms with van der Waals surface area (Å²) >= 11 is 4.88. The molecule has 0 amide bonds. The van der Waals surface area contributed by atoms with Crippen LogP contribution in [-0.4, -0.2) is 21.0 Å². The molecule has 0 unspecified atom stereocenters. The number of carboxylic acids is 1. The van der Waals surface area contributed by atoms with E-state index in [0.29, 0.717) is 5.75 Å². The molecule has 18 heavy (non-hydrogen) atoms. The van der Waals surface area contributed by atoms with Crippen LogP contribution < -0.4 is 0 Å². The summed E-state index contributed by atoms with van der Waals surface area (Å²) in [5.74, 6) is -0.301. The van der Waals surface area contributed by atoms with E-state index < -0.39 is 5.97 Å². The van der Waals surface area contributed by atoms with Crippen molar-refractivity contribution >= 4 is 33.7 Å². The van der Waals surface area contributed by atoms with E-state index in [1.54, 1.807) is 30.1 Å². The van der Waals surface area contributed by atoms with Gasteiger partial charge in [-0.1, -0.05) is 0 Å². The molecule has 0 fully saturated rings. The van der Waals surface area contributed by atoms with Gasteiger partial charge in [0.15, 0.2) is 0 Å². The highest BCUT2D eigenvalue weighted by Crippen LogP contribution is 2.21. The second-order valence-corrected chi connectivity index (χ2v) is 5.36. The van der Waals surface area contributed by atoms with E-state index in [4.69, 9.17) is 5.11 Å². The second kappa shape index (κ2) is 5.97. The number of thioether (sulfide) groups is 1. The van der Waals surface area contributed by atoms with Crippen LogP contribution in [0.4, 0.5) is 0 Å². The third-order valence-corrected chi connectivity index (χ3v) is 3.59. The van der Waals surface area contributed by atoms with Crippen molar-refractivity contribution < 1.29 is 9.90 Å². The molecule has 2 aromatic rings. The van der Waals surface area contributed by atoms with Crippen molar-refractivity contribution in [2.24, 2.45) is 0 Å². The Bertz CT molecular complexity index is 543. The van der Waals surface area contributed by atoms with Gasteiger partial charge in [-0.15, -0.1) is 11.8 Å². The third-order valence-electron chi connectivity index (χ3n) is 2.14. The fraction of sp³-hybridized carbons (Fsp3) is 0.0833. The first-order valence-corrected chi connectivity index (χ1v) is 6.85. The molecule has 1 N–H and O–H groups in total. The first kappa shape index (κ1) is 13.0. The van der Waals surface area contributed by atoms with Crippen LogP contribution in [0.2, 0.25) is 0 Å². The van der Waals surface area contributed by atoms with Crippen molar-refractivity contribution in [2.45, 2.75) is 10.8 Å². The molecule has 92 valence electrons. The zero-order chi connectivity index (χ0) is 13.0. The summed E-state index contributed by atoms with van der Waals surface area (Å²) in [6.07, 6.45) is 3.11. The monoisotopic (exact) mass is 324 g/mol. The van der Waals surface area contributed by atoms with Gasteiger partial charge in [0.05, 0.1) is 16.3 Å². The Hall–Kier alpha value is -1.40. The Balaban J connectivity index is 1.97. The quantitative estimate of drug-likeness (QED) is 0.875. The standard InChI is InChI=1S/C12H9BrN2O2S/c13-9-2-4-11(15-6-9)18-7-10-3-1-8(5-14-10)12(16)17/h1-6H,7H2,(H,16,17). The Morgan fingerprint density at radius 2 is 2.06 bits per heavy atom. The maximum absolute atomic E-state index is 10.7. The largest absolute Gasteiger partial charge is 0.478 e. The molecular formula is C12H9BrN2O2S. The summed E-state index contributed by atoms with van der Waals surface area (Å²) < 4.78 is 0.941. The molecule has 0 aromatic carbocycles. The van der Waals surface area contributed by atoms with Crippen LogP contribution in [0.5, 0.6) is 0 Å². The van der Waals surface area contributed by atoms with Gasteiger partial charge < -0.3 is 5.11 Å². The number of nitrogens with zero attached hydrogens (tertiary/aromatic N) is 2. The predicted molar refractivity (Wildman–Crippen MR) is 72.7 cm³/mol. The number of hydrogen-bond donors (Lipinski definition) is 1. The van der Waals surface area contributed by atoms with Crippen molar-refractivity contribution in [3.8, 4) is 0 Å².